The van der Waals surface area contributed by atoms with Crippen molar-refractivity contribution in [2.24, 2.45) is 0 Å². The summed E-state index contributed by atoms with van der Waals surface area (Å²) >= 11 is 1.90. The summed E-state index contributed by atoms with van der Waals surface area (Å²) in [5.74, 6) is 0. The molecule has 0 N–H and O–H groups in total. The van der Waals surface area contributed by atoms with Gasteiger partial charge in [0.15, 0.2) is 6.04 Å². The van der Waals surface area contributed by atoms with Gasteiger partial charge in [-0.1, -0.05) is 30.3 Å². The van der Waals surface area contributed by atoms with E-state index < -0.39 is 0 Å². The fourth-order valence-corrected chi connectivity index (χ4v) is 5.49. The van der Waals surface area contributed by atoms with E-state index in [0.717, 1.165) is 0 Å². The van der Waals surface area contributed by atoms with Crippen LogP contribution in [0, 0.1) is 0 Å². The smallest absolute Gasteiger partial charge is 0.184 e. The third-order valence-electron chi connectivity index (χ3n) is 5.54. The topological polar surface area (TPSA) is 3.88 Å². The Morgan fingerprint density at radius 3 is 2.60 bits per heavy atom. The van der Waals surface area contributed by atoms with Gasteiger partial charge < -0.3 is 0 Å². The summed E-state index contributed by atoms with van der Waals surface area (Å²) in [4.78, 5) is 0. The van der Waals surface area contributed by atoms with Crippen LogP contribution in [0.3, 0.4) is 0 Å². The molecule has 0 fully saturated rings. The highest BCUT2D eigenvalue weighted by atomic mass is 32.1. The minimum Gasteiger partial charge on any atom is -0.184 e. The Hall–Kier alpha value is -2.71. The molecule has 1 unspecified atom stereocenters. The predicted octanol–water partition coefficient (Wildman–Crippen LogP) is 6.08. The first-order valence-corrected chi connectivity index (χ1v) is 9.52. The Kier molecular flexibility index (Phi) is 2.54. The molecule has 0 spiro atoms. The van der Waals surface area contributed by atoms with Crippen LogP contribution in [0.4, 0.5) is 0 Å². The molecule has 118 valence electrons. The molecule has 0 saturated carbocycles. The van der Waals surface area contributed by atoms with Crippen LogP contribution in [0.25, 0.3) is 42.3 Å². The number of rotatable bonds is 0. The summed E-state index contributed by atoms with van der Waals surface area (Å²) < 4.78 is 5.25. The van der Waals surface area contributed by atoms with E-state index in [1.807, 2.05) is 11.3 Å². The molecule has 5 aromatic rings. The van der Waals surface area contributed by atoms with Gasteiger partial charge in [0.2, 0.25) is 11.2 Å². The molecule has 0 aliphatic carbocycles. The van der Waals surface area contributed by atoms with Crippen LogP contribution in [0.5, 0.6) is 0 Å². The highest BCUT2D eigenvalue weighted by Crippen LogP contribution is 2.42. The van der Waals surface area contributed by atoms with E-state index in [4.69, 9.17) is 0 Å². The molecule has 0 bridgehead atoms. The molecule has 6 rings (SSSR count). The monoisotopic (exact) mass is 338 g/mol. The number of benzene rings is 3. The molecule has 0 saturated heterocycles. The van der Waals surface area contributed by atoms with Crippen molar-refractivity contribution in [2.45, 2.75) is 13.0 Å². The van der Waals surface area contributed by atoms with Gasteiger partial charge in [-0.2, -0.15) is 4.57 Å². The van der Waals surface area contributed by atoms with Gasteiger partial charge in [-0.05, 0) is 30.3 Å². The molecule has 1 nitrogen and oxygen atoms in total. The van der Waals surface area contributed by atoms with Gasteiger partial charge in [0.05, 0.1) is 5.56 Å². The fraction of sp³-hybridized carbons (Fsp3) is 0.0870. The van der Waals surface area contributed by atoms with Crippen molar-refractivity contribution in [1.29, 1.82) is 0 Å². The van der Waals surface area contributed by atoms with Crippen molar-refractivity contribution in [1.82, 2.24) is 0 Å². The summed E-state index contributed by atoms with van der Waals surface area (Å²) in [6.45, 7) is 2.32. The average Bonchev–Trinajstić information content (AvgIpc) is 3.16. The SMILES string of the molecule is CC1c2cc3c(cc2-c2ccc4ccccc4[n+]21)sc1ccccc13. The van der Waals surface area contributed by atoms with E-state index in [9.17, 15) is 0 Å². The second-order valence-corrected chi connectivity index (χ2v) is 7.94. The van der Waals surface area contributed by atoms with E-state index in [1.54, 1.807) is 0 Å². The average molecular weight is 338 g/mol. The van der Waals surface area contributed by atoms with Crippen LogP contribution in [0.2, 0.25) is 0 Å². The van der Waals surface area contributed by atoms with Crippen molar-refractivity contribution in [2.75, 3.05) is 0 Å². The Balaban J connectivity index is 1.73. The highest BCUT2D eigenvalue weighted by Gasteiger charge is 2.35. The molecule has 2 aromatic heterocycles. The van der Waals surface area contributed by atoms with E-state index in [-0.39, 0.29) is 0 Å². The molecule has 0 amide bonds. The number of aromatic nitrogens is 1. The maximum Gasteiger partial charge on any atom is 0.214 e. The number of pyridine rings is 1. The number of fused-ring (bicyclic) bond motifs is 8. The third kappa shape index (κ3) is 1.70. The van der Waals surface area contributed by atoms with Crippen LogP contribution < -0.4 is 4.57 Å². The number of hydrogen-bond donors (Lipinski definition) is 0. The van der Waals surface area contributed by atoms with Crippen molar-refractivity contribution in [3.63, 3.8) is 0 Å². The van der Waals surface area contributed by atoms with Gasteiger partial charge in [0, 0.05) is 50.2 Å². The summed E-state index contributed by atoms with van der Waals surface area (Å²) in [6, 6.07) is 27.1. The van der Waals surface area contributed by atoms with Gasteiger partial charge in [0.1, 0.15) is 0 Å². The molecule has 25 heavy (non-hydrogen) atoms. The summed E-state index contributed by atoms with van der Waals surface area (Å²) in [6.07, 6.45) is 0. The Labute approximate surface area is 149 Å². The van der Waals surface area contributed by atoms with Gasteiger partial charge in [-0.25, -0.2) is 0 Å². The molecule has 1 aliphatic heterocycles. The predicted molar refractivity (Wildman–Crippen MR) is 106 cm³/mol. The lowest BCUT2D eigenvalue weighted by atomic mass is 10.0. The van der Waals surface area contributed by atoms with Crippen LogP contribution >= 0.6 is 11.3 Å². The zero-order valence-electron chi connectivity index (χ0n) is 13.9. The Morgan fingerprint density at radius 2 is 1.64 bits per heavy atom. The van der Waals surface area contributed by atoms with E-state index >= 15 is 0 Å². The summed E-state index contributed by atoms with van der Waals surface area (Å²) in [5.41, 5.74) is 5.47. The van der Waals surface area contributed by atoms with Crippen molar-refractivity contribution in [3.8, 4) is 11.3 Å². The standard InChI is InChI=1S/C23H16NS/c1-14-17-12-19-16-7-3-5-9-22(16)25-23(19)13-18(17)21-11-10-15-6-2-4-8-20(15)24(14)21/h2-14H,1H3/q+1. The quantitative estimate of drug-likeness (QED) is 0.301. The number of hydrogen-bond acceptors (Lipinski definition) is 1. The number of nitrogens with zero attached hydrogens (tertiary/aromatic N) is 1. The normalized spacial score (nSPS) is 15.8. The first kappa shape index (κ1) is 13.6. The number of thiophene rings is 1. The Morgan fingerprint density at radius 1 is 0.800 bits per heavy atom. The van der Waals surface area contributed by atoms with Crippen LogP contribution in [0.15, 0.2) is 72.8 Å². The minimum atomic E-state index is 0.360. The maximum atomic E-state index is 2.49. The van der Waals surface area contributed by atoms with E-state index in [1.165, 1.54) is 47.9 Å². The molecular formula is C23H16NS+. The van der Waals surface area contributed by atoms with Gasteiger partial charge in [-0.3, -0.25) is 0 Å². The van der Waals surface area contributed by atoms with Crippen molar-refractivity contribution < 1.29 is 4.57 Å². The van der Waals surface area contributed by atoms with Crippen LogP contribution in [0.1, 0.15) is 18.5 Å². The van der Waals surface area contributed by atoms with Gasteiger partial charge >= 0.3 is 0 Å². The second-order valence-electron chi connectivity index (χ2n) is 6.86. The molecule has 2 heteroatoms. The first-order chi connectivity index (χ1) is 12.3. The number of para-hydroxylation sites is 1. The van der Waals surface area contributed by atoms with E-state index in [0.29, 0.717) is 6.04 Å². The zero-order chi connectivity index (χ0) is 16.5. The molecule has 3 heterocycles. The van der Waals surface area contributed by atoms with Gasteiger partial charge in [0.25, 0.3) is 0 Å². The Bertz CT molecular complexity index is 1310. The molecular weight excluding hydrogens is 322 g/mol. The zero-order valence-corrected chi connectivity index (χ0v) is 14.7. The van der Waals surface area contributed by atoms with Gasteiger partial charge in [-0.15, -0.1) is 11.3 Å². The molecule has 0 radical (unpaired) electrons. The van der Waals surface area contributed by atoms with Crippen molar-refractivity contribution >= 4 is 42.4 Å². The molecule has 3 aromatic carbocycles. The van der Waals surface area contributed by atoms with Crippen LogP contribution in [-0.2, 0) is 0 Å². The summed E-state index contributed by atoms with van der Waals surface area (Å²) in [7, 11) is 0. The highest BCUT2D eigenvalue weighted by molar-refractivity contribution is 7.25. The lowest BCUT2D eigenvalue weighted by Gasteiger charge is -2.04. The fourth-order valence-electron chi connectivity index (χ4n) is 4.36. The third-order valence-corrected chi connectivity index (χ3v) is 6.67. The lowest BCUT2D eigenvalue weighted by Crippen LogP contribution is -2.37. The molecule has 1 atom stereocenters. The maximum absolute atomic E-state index is 2.49. The van der Waals surface area contributed by atoms with Crippen LogP contribution in [-0.4, -0.2) is 0 Å². The van der Waals surface area contributed by atoms with E-state index in [2.05, 4.69) is 84.3 Å². The minimum absolute atomic E-state index is 0.360. The largest absolute Gasteiger partial charge is 0.214 e. The second kappa shape index (κ2) is 4.68. The summed E-state index contributed by atoms with van der Waals surface area (Å²) in [5, 5.41) is 4.07. The van der Waals surface area contributed by atoms with Crippen molar-refractivity contribution in [3.05, 3.63) is 78.4 Å². The first-order valence-electron chi connectivity index (χ1n) is 8.70. The lowest BCUT2D eigenvalue weighted by molar-refractivity contribution is -0.668. The molecule has 1 aliphatic rings.